The highest BCUT2D eigenvalue weighted by Gasteiger charge is 2.01. The molecule has 3 nitrogen and oxygen atoms in total. The molecule has 1 rings (SSSR count). The second kappa shape index (κ2) is 4.68. The van der Waals surface area contributed by atoms with Crippen LogP contribution in [-0.4, -0.2) is 23.4 Å². The molecule has 0 radical (unpaired) electrons. The molecule has 0 spiro atoms. The highest BCUT2D eigenvalue weighted by atomic mass is 15.3. The van der Waals surface area contributed by atoms with E-state index in [1.165, 1.54) is 0 Å². The number of nitrogens with one attached hydrogen (secondary N) is 1. The maximum Gasteiger partial charge on any atom is 0.111 e. The smallest absolute Gasteiger partial charge is 0.111 e. The molecule has 3 heteroatoms. The number of nitrogens with zero attached hydrogens (tertiary/aromatic N) is 2. The summed E-state index contributed by atoms with van der Waals surface area (Å²) in [7, 11) is 1.88. The van der Waals surface area contributed by atoms with E-state index in [4.69, 9.17) is 0 Å². The molecule has 13 heavy (non-hydrogen) atoms. The Morgan fingerprint density at radius 1 is 1.62 bits per heavy atom. The van der Waals surface area contributed by atoms with Gasteiger partial charge >= 0.3 is 0 Å². The molecule has 0 saturated carbocycles. The maximum absolute atomic E-state index is 4.19. The third-order valence-corrected chi connectivity index (χ3v) is 1.64. The number of hydrogen-bond donors (Lipinski definition) is 1. The van der Waals surface area contributed by atoms with Crippen molar-refractivity contribution in [1.29, 1.82) is 0 Å². The number of rotatable bonds is 2. The van der Waals surface area contributed by atoms with Gasteiger partial charge in [0, 0.05) is 6.04 Å². The van der Waals surface area contributed by atoms with Crippen LogP contribution in [0.25, 0.3) is 0 Å². The molecule has 1 aromatic heterocycles. The summed E-state index contributed by atoms with van der Waals surface area (Å²) in [5.41, 5.74) is 0.977. The van der Waals surface area contributed by atoms with Crippen LogP contribution in [0.5, 0.6) is 0 Å². The summed E-state index contributed by atoms with van der Waals surface area (Å²) in [6.07, 6.45) is 1.78. The molecule has 1 aromatic rings. The summed E-state index contributed by atoms with van der Waals surface area (Å²) in [6.45, 7) is 4.90. The van der Waals surface area contributed by atoms with Crippen molar-refractivity contribution in [2.45, 2.75) is 19.9 Å². The zero-order valence-corrected chi connectivity index (χ0v) is 8.33. The fraction of sp³-hybridized carbons (Fsp3) is 0.500. The van der Waals surface area contributed by atoms with Gasteiger partial charge in [-0.3, -0.25) is 4.68 Å². The first-order valence-electron chi connectivity index (χ1n) is 4.42. The largest absolute Gasteiger partial charge is 0.309 e. The first kappa shape index (κ1) is 9.82. The van der Waals surface area contributed by atoms with Gasteiger partial charge in [-0.1, -0.05) is 5.92 Å². The molecule has 0 atom stereocenters. The van der Waals surface area contributed by atoms with Crippen LogP contribution in [0.2, 0.25) is 0 Å². The summed E-state index contributed by atoms with van der Waals surface area (Å²) in [5, 5.41) is 7.16. The summed E-state index contributed by atoms with van der Waals surface area (Å²) < 4.78 is 1.92. The minimum Gasteiger partial charge on any atom is -0.309 e. The van der Waals surface area contributed by atoms with E-state index < -0.39 is 0 Å². The van der Waals surface area contributed by atoms with E-state index in [9.17, 15) is 0 Å². The van der Waals surface area contributed by atoms with Gasteiger partial charge in [0.1, 0.15) is 5.69 Å². The molecule has 0 aromatic carbocycles. The Hall–Kier alpha value is -1.27. The van der Waals surface area contributed by atoms with Crippen LogP contribution in [0.4, 0.5) is 0 Å². The van der Waals surface area contributed by atoms with Gasteiger partial charge in [0.05, 0.1) is 12.7 Å². The van der Waals surface area contributed by atoms with E-state index in [1.54, 1.807) is 6.20 Å². The Bertz CT molecular complexity index is 314. The van der Waals surface area contributed by atoms with Gasteiger partial charge in [0.15, 0.2) is 0 Å². The van der Waals surface area contributed by atoms with Crippen molar-refractivity contribution in [1.82, 2.24) is 15.1 Å². The average Bonchev–Trinajstić information content (AvgIpc) is 2.53. The minimum atomic E-state index is 0.369. The normalized spacial score (nSPS) is 9.85. The topological polar surface area (TPSA) is 29.9 Å². The fourth-order valence-electron chi connectivity index (χ4n) is 1.05. The molecular formula is C10H15N3. The summed E-state index contributed by atoms with van der Waals surface area (Å²) in [6, 6.07) is 2.30. The summed E-state index contributed by atoms with van der Waals surface area (Å²) in [4.78, 5) is 0. The molecule has 0 aliphatic rings. The Morgan fingerprint density at radius 2 is 2.38 bits per heavy atom. The number of aromatic nitrogens is 2. The summed E-state index contributed by atoms with van der Waals surface area (Å²) >= 11 is 0. The van der Waals surface area contributed by atoms with Crippen LogP contribution in [0, 0.1) is 11.8 Å². The lowest BCUT2D eigenvalue weighted by Gasteiger charge is -2.05. The first-order valence-corrected chi connectivity index (χ1v) is 4.42. The van der Waals surface area contributed by atoms with Gasteiger partial charge in [0.2, 0.25) is 0 Å². The van der Waals surface area contributed by atoms with Crippen molar-refractivity contribution >= 4 is 0 Å². The van der Waals surface area contributed by atoms with Gasteiger partial charge in [0.25, 0.3) is 0 Å². The molecule has 0 aliphatic carbocycles. The highest BCUT2D eigenvalue weighted by molar-refractivity contribution is 5.27. The standard InChI is InChI=1S/C10H15N3/c1-9(2)13-10(6-8-12-13)5-4-7-11-3/h6,8-9,11H,7H2,1-3H3. The van der Waals surface area contributed by atoms with Crippen molar-refractivity contribution in [2.75, 3.05) is 13.6 Å². The quantitative estimate of drug-likeness (QED) is 0.684. The van der Waals surface area contributed by atoms with Crippen molar-refractivity contribution in [2.24, 2.45) is 0 Å². The Morgan fingerprint density at radius 3 is 3.00 bits per heavy atom. The predicted molar refractivity (Wildman–Crippen MR) is 53.4 cm³/mol. The van der Waals surface area contributed by atoms with E-state index in [1.807, 2.05) is 17.8 Å². The second-order valence-electron chi connectivity index (χ2n) is 3.09. The van der Waals surface area contributed by atoms with Crippen molar-refractivity contribution in [3.05, 3.63) is 18.0 Å². The first-order chi connectivity index (χ1) is 6.25. The van der Waals surface area contributed by atoms with Gasteiger partial charge < -0.3 is 5.32 Å². The molecule has 0 amide bonds. The number of hydrogen-bond acceptors (Lipinski definition) is 2. The van der Waals surface area contributed by atoms with Crippen LogP contribution in [0.15, 0.2) is 12.3 Å². The lowest BCUT2D eigenvalue weighted by Crippen LogP contribution is -2.07. The lowest BCUT2D eigenvalue weighted by molar-refractivity contribution is 0.527. The second-order valence-corrected chi connectivity index (χ2v) is 3.09. The zero-order valence-electron chi connectivity index (χ0n) is 8.33. The fourth-order valence-corrected chi connectivity index (χ4v) is 1.05. The molecule has 0 saturated heterocycles. The molecule has 1 heterocycles. The van der Waals surface area contributed by atoms with Crippen molar-refractivity contribution in [3.63, 3.8) is 0 Å². The molecule has 0 aliphatic heterocycles. The van der Waals surface area contributed by atoms with Crippen LogP contribution >= 0.6 is 0 Å². The highest BCUT2D eigenvalue weighted by Crippen LogP contribution is 2.05. The van der Waals surface area contributed by atoms with Crippen molar-refractivity contribution in [3.8, 4) is 11.8 Å². The molecular weight excluding hydrogens is 162 g/mol. The van der Waals surface area contributed by atoms with E-state index in [-0.39, 0.29) is 0 Å². The molecule has 1 N–H and O–H groups in total. The van der Waals surface area contributed by atoms with Crippen LogP contribution in [0.3, 0.4) is 0 Å². The molecule has 0 unspecified atom stereocenters. The monoisotopic (exact) mass is 177 g/mol. The van der Waals surface area contributed by atoms with E-state index in [0.29, 0.717) is 12.6 Å². The zero-order chi connectivity index (χ0) is 9.68. The van der Waals surface area contributed by atoms with Gasteiger partial charge in [-0.05, 0) is 32.9 Å². The minimum absolute atomic E-state index is 0.369. The van der Waals surface area contributed by atoms with Gasteiger partial charge in [-0.25, -0.2) is 0 Å². The molecule has 70 valence electrons. The molecule has 0 fully saturated rings. The third kappa shape index (κ3) is 2.60. The van der Waals surface area contributed by atoms with Gasteiger partial charge in [-0.2, -0.15) is 5.10 Å². The average molecular weight is 177 g/mol. The van der Waals surface area contributed by atoms with E-state index in [0.717, 1.165) is 5.69 Å². The maximum atomic E-state index is 4.19. The molecule has 0 bridgehead atoms. The predicted octanol–water partition coefficient (Wildman–Crippen LogP) is 1.03. The lowest BCUT2D eigenvalue weighted by atomic mass is 10.3. The Kier molecular flexibility index (Phi) is 3.53. The third-order valence-electron chi connectivity index (χ3n) is 1.64. The van der Waals surface area contributed by atoms with E-state index in [2.05, 4.69) is 36.1 Å². The van der Waals surface area contributed by atoms with Gasteiger partial charge in [-0.15, -0.1) is 0 Å². The van der Waals surface area contributed by atoms with E-state index >= 15 is 0 Å². The van der Waals surface area contributed by atoms with Crippen LogP contribution in [0.1, 0.15) is 25.6 Å². The van der Waals surface area contributed by atoms with Crippen molar-refractivity contribution < 1.29 is 0 Å². The van der Waals surface area contributed by atoms with Crippen LogP contribution < -0.4 is 5.32 Å². The Balaban J connectivity index is 2.78. The van der Waals surface area contributed by atoms with Crippen LogP contribution in [-0.2, 0) is 0 Å². The Labute approximate surface area is 79.1 Å². The SMILES string of the molecule is CNCC#Cc1ccnn1C(C)C. The summed E-state index contributed by atoms with van der Waals surface area (Å²) in [5.74, 6) is 6.07.